The van der Waals surface area contributed by atoms with Crippen LogP contribution in [-0.4, -0.2) is 20.1 Å². The third-order valence-electron chi connectivity index (χ3n) is 2.89. The lowest BCUT2D eigenvalue weighted by atomic mass is 10.1. The van der Waals surface area contributed by atoms with Gasteiger partial charge in [-0.25, -0.2) is 13.1 Å². The van der Waals surface area contributed by atoms with E-state index in [0.717, 1.165) is 10.4 Å². The van der Waals surface area contributed by atoms with Crippen molar-refractivity contribution in [2.45, 2.75) is 18.3 Å². The van der Waals surface area contributed by atoms with Gasteiger partial charge in [-0.05, 0) is 23.9 Å². The van der Waals surface area contributed by atoms with E-state index in [-0.39, 0.29) is 12.3 Å². The van der Waals surface area contributed by atoms with Gasteiger partial charge in [0.15, 0.2) is 0 Å². The third kappa shape index (κ3) is 4.14. The Hall–Kier alpha value is -1.21. The standard InChI is InChI=1S/C14H17NO3S2/c1-14(16,13-8-5-9-19-13)11-15-20(17,18)10-12-6-3-2-4-7-12/h2-9,15-16H,10-11H2,1H3/t14-/m0/s1. The minimum Gasteiger partial charge on any atom is -0.383 e. The molecule has 0 aliphatic carbocycles. The molecule has 0 spiro atoms. The zero-order chi connectivity index (χ0) is 14.6. The molecule has 2 N–H and O–H groups in total. The van der Waals surface area contributed by atoms with E-state index in [0.29, 0.717) is 0 Å². The fraction of sp³-hybridized carbons (Fsp3) is 0.286. The van der Waals surface area contributed by atoms with Crippen molar-refractivity contribution in [1.29, 1.82) is 0 Å². The van der Waals surface area contributed by atoms with E-state index in [1.54, 1.807) is 37.3 Å². The van der Waals surface area contributed by atoms with E-state index in [1.165, 1.54) is 11.3 Å². The van der Waals surface area contributed by atoms with Crippen LogP contribution >= 0.6 is 11.3 Å². The number of hydrogen-bond donors (Lipinski definition) is 2. The Bertz CT molecular complexity index is 634. The Kier molecular flexibility index (Phi) is 4.59. The van der Waals surface area contributed by atoms with Crippen molar-refractivity contribution < 1.29 is 13.5 Å². The minimum absolute atomic E-state index is 0.0390. The summed E-state index contributed by atoms with van der Waals surface area (Å²) in [6.07, 6.45) is 0. The highest BCUT2D eigenvalue weighted by atomic mass is 32.2. The molecule has 1 heterocycles. The summed E-state index contributed by atoms with van der Waals surface area (Å²) in [5, 5.41) is 12.1. The number of benzene rings is 1. The van der Waals surface area contributed by atoms with Crippen molar-refractivity contribution in [3.8, 4) is 0 Å². The largest absolute Gasteiger partial charge is 0.383 e. The molecule has 2 rings (SSSR count). The van der Waals surface area contributed by atoms with Crippen molar-refractivity contribution in [1.82, 2.24) is 4.72 Å². The Morgan fingerprint density at radius 1 is 1.20 bits per heavy atom. The molecule has 0 radical (unpaired) electrons. The quantitative estimate of drug-likeness (QED) is 0.858. The van der Waals surface area contributed by atoms with Gasteiger partial charge in [0, 0.05) is 11.4 Å². The molecular weight excluding hydrogens is 294 g/mol. The van der Waals surface area contributed by atoms with Crippen molar-refractivity contribution in [2.24, 2.45) is 0 Å². The van der Waals surface area contributed by atoms with Crippen LogP contribution in [0.25, 0.3) is 0 Å². The van der Waals surface area contributed by atoms with E-state index in [2.05, 4.69) is 4.72 Å². The predicted molar refractivity (Wildman–Crippen MR) is 81.0 cm³/mol. The normalized spacial score (nSPS) is 14.9. The van der Waals surface area contributed by atoms with Crippen molar-refractivity contribution in [2.75, 3.05) is 6.54 Å². The van der Waals surface area contributed by atoms with Crippen LogP contribution in [-0.2, 0) is 21.4 Å². The van der Waals surface area contributed by atoms with Gasteiger partial charge in [-0.15, -0.1) is 11.3 Å². The molecule has 1 atom stereocenters. The molecule has 0 fully saturated rings. The second-order valence-corrected chi connectivity index (χ2v) is 7.57. The van der Waals surface area contributed by atoms with Gasteiger partial charge in [-0.2, -0.15) is 0 Å². The van der Waals surface area contributed by atoms with Crippen LogP contribution in [0, 0.1) is 0 Å². The van der Waals surface area contributed by atoms with Gasteiger partial charge in [0.25, 0.3) is 0 Å². The summed E-state index contributed by atoms with van der Waals surface area (Å²) in [6, 6.07) is 12.6. The molecule has 0 aliphatic heterocycles. The summed E-state index contributed by atoms with van der Waals surface area (Å²) in [5.74, 6) is -0.0889. The molecule has 0 amide bonds. The first kappa shape index (κ1) is 15.2. The molecule has 20 heavy (non-hydrogen) atoms. The van der Waals surface area contributed by atoms with Gasteiger partial charge in [-0.3, -0.25) is 0 Å². The van der Waals surface area contributed by atoms with Crippen LogP contribution in [0.5, 0.6) is 0 Å². The highest BCUT2D eigenvalue weighted by molar-refractivity contribution is 7.88. The maximum atomic E-state index is 12.0. The molecule has 0 saturated carbocycles. The summed E-state index contributed by atoms with van der Waals surface area (Å²) in [5.41, 5.74) is -0.478. The lowest BCUT2D eigenvalue weighted by Crippen LogP contribution is -2.38. The molecule has 108 valence electrons. The predicted octanol–water partition coefficient (Wildman–Crippen LogP) is 2.08. The first-order valence-electron chi connectivity index (χ1n) is 6.17. The summed E-state index contributed by atoms with van der Waals surface area (Å²) >= 11 is 1.40. The smallest absolute Gasteiger partial charge is 0.215 e. The Morgan fingerprint density at radius 3 is 2.50 bits per heavy atom. The van der Waals surface area contributed by atoms with Gasteiger partial charge in [-0.1, -0.05) is 36.4 Å². The monoisotopic (exact) mass is 311 g/mol. The third-order valence-corrected chi connectivity index (χ3v) is 5.31. The van der Waals surface area contributed by atoms with Gasteiger partial charge >= 0.3 is 0 Å². The molecule has 0 aliphatic rings. The van der Waals surface area contributed by atoms with Crippen LogP contribution in [0.3, 0.4) is 0 Å². The van der Waals surface area contributed by atoms with Crippen LogP contribution < -0.4 is 4.72 Å². The summed E-state index contributed by atoms with van der Waals surface area (Å²) in [7, 11) is -3.46. The molecule has 1 aromatic heterocycles. The molecule has 2 aromatic rings. The molecule has 6 heteroatoms. The first-order chi connectivity index (χ1) is 9.39. The lowest BCUT2D eigenvalue weighted by molar-refractivity contribution is 0.0666. The Morgan fingerprint density at radius 2 is 1.90 bits per heavy atom. The highest BCUT2D eigenvalue weighted by Gasteiger charge is 2.26. The second kappa shape index (κ2) is 6.05. The SMILES string of the molecule is C[C@](O)(CNS(=O)(=O)Cc1ccccc1)c1cccs1. The Balaban J connectivity index is 1.99. The van der Waals surface area contributed by atoms with Crippen molar-refractivity contribution in [3.63, 3.8) is 0 Å². The van der Waals surface area contributed by atoms with Crippen LogP contribution in [0.15, 0.2) is 47.8 Å². The van der Waals surface area contributed by atoms with Gasteiger partial charge < -0.3 is 5.11 Å². The Labute approximate surface area is 123 Å². The molecule has 0 saturated heterocycles. The first-order valence-corrected chi connectivity index (χ1v) is 8.70. The zero-order valence-corrected chi connectivity index (χ0v) is 12.7. The van der Waals surface area contributed by atoms with Gasteiger partial charge in [0.1, 0.15) is 5.60 Å². The van der Waals surface area contributed by atoms with Gasteiger partial charge in [0.2, 0.25) is 10.0 Å². The van der Waals surface area contributed by atoms with Gasteiger partial charge in [0.05, 0.1) is 5.75 Å². The van der Waals surface area contributed by atoms with E-state index in [4.69, 9.17) is 0 Å². The number of rotatable bonds is 6. The number of aliphatic hydroxyl groups is 1. The summed E-state index contributed by atoms with van der Waals surface area (Å²) < 4.78 is 26.5. The van der Waals surface area contributed by atoms with Crippen LogP contribution in [0.4, 0.5) is 0 Å². The molecule has 0 bridgehead atoms. The molecular formula is C14H17NO3S2. The highest BCUT2D eigenvalue weighted by Crippen LogP contribution is 2.24. The topological polar surface area (TPSA) is 66.4 Å². The van der Waals surface area contributed by atoms with Crippen molar-refractivity contribution >= 4 is 21.4 Å². The fourth-order valence-electron chi connectivity index (χ4n) is 1.77. The lowest BCUT2D eigenvalue weighted by Gasteiger charge is -2.22. The maximum Gasteiger partial charge on any atom is 0.215 e. The molecule has 0 unspecified atom stereocenters. The fourth-order valence-corrected chi connectivity index (χ4v) is 3.79. The van der Waals surface area contributed by atoms with E-state index in [1.807, 2.05) is 17.5 Å². The number of nitrogens with one attached hydrogen (secondary N) is 1. The van der Waals surface area contributed by atoms with E-state index < -0.39 is 15.6 Å². The summed E-state index contributed by atoms with van der Waals surface area (Å²) in [4.78, 5) is 0.736. The number of hydrogen-bond acceptors (Lipinski definition) is 4. The second-order valence-electron chi connectivity index (χ2n) is 4.82. The van der Waals surface area contributed by atoms with Crippen LogP contribution in [0.1, 0.15) is 17.4 Å². The minimum atomic E-state index is -3.46. The zero-order valence-electron chi connectivity index (χ0n) is 11.1. The number of sulfonamides is 1. The summed E-state index contributed by atoms with van der Waals surface area (Å²) in [6.45, 7) is 1.56. The average Bonchev–Trinajstić information content (AvgIpc) is 2.92. The molecule has 1 aromatic carbocycles. The molecule has 4 nitrogen and oxygen atoms in total. The van der Waals surface area contributed by atoms with Crippen LogP contribution in [0.2, 0.25) is 0 Å². The number of thiophene rings is 1. The maximum absolute atomic E-state index is 12.0. The van der Waals surface area contributed by atoms with Crippen molar-refractivity contribution in [3.05, 3.63) is 58.3 Å². The van der Waals surface area contributed by atoms with E-state index in [9.17, 15) is 13.5 Å². The average molecular weight is 311 g/mol. The van der Waals surface area contributed by atoms with E-state index >= 15 is 0 Å².